The first-order chi connectivity index (χ1) is 14.5. The smallest absolute Gasteiger partial charge is 0.226 e. The van der Waals surface area contributed by atoms with Gasteiger partial charge in [-0.2, -0.15) is 9.78 Å². The van der Waals surface area contributed by atoms with Crippen molar-refractivity contribution in [2.75, 3.05) is 23.3 Å². The van der Waals surface area contributed by atoms with Crippen LogP contribution in [-0.2, 0) is 4.79 Å². The summed E-state index contributed by atoms with van der Waals surface area (Å²) in [4.78, 5) is 14.8. The number of rotatable bonds is 3. The second-order valence-electron chi connectivity index (χ2n) is 8.35. The summed E-state index contributed by atoms with van der Waals surface area (Å²) in [6, 6.07) is 10.3. The average Bonchev–Trinajstić information content (AvgIpc) is 3.38. The molecular weight excluding hydrogens is 376 g/mol. The van der Waals surface area contributed by atoms with Crippen LogP contribution in [-0.4, -0.2) is 39.0 Å². The normalized spacial score (nSPS) is 18.4. The predicted octanol–water partition coefficient (Wildman–Crippen LogP) is 3.66. The molecule has 2 aromatic heterocycles. The molecule has 0 saturated carbocycles. The summed E-state index contributed by atoms with van der Waals surface area (Å²) in [5.74, 6) is 2.19. The number of hydrogen-bond donors (Lipinski definition) is 1. The molecule has 7 nitrogen and oxygen atoms in total. The van der Waals surface area contributed by atoms with Crippen molar-refractivity contribution in [3.05, 3.63) is 58.3 Å². The van der Waals surface area contributed by atoms with Crippen LogP contribution in [0.1, 0.15) is 53.1 Å². The largest absolute Gasteiger partial charge is 0.355 e. The number of anilines is 2. The van der Waals surface area contributed by atoms with E-state index >= 15 is 0 Å². The fourth-order valence-electron chi connectivity index (χ4n) is 4.53. The Kier molecular flexibility index (Phi) is 4.53. The molecule has 30 heavy (non-hydrogen) atoms. The van der Waals surface area contributed by atoms with E-state index in [1.807, 2.05) is 19.1 Å². The van der Waals surface area contributed by atoms with Gasteiger partial charge in [-0.25, -0.2) is 0 Å². The van der Waals surface area contributed by atoms with E-state index in [2.05, 4.69) is 52.5 Å². The standard InChI is InChI=1S/C23H26N6O/c1-14-6-7-17(12-15(14)2)18-13-21(30)24-23-22(18)16(3)27-29(23)20-9-8-19(25-26-20)28-10-4-5-11-28/h6-9,12,18H,4-5,10-11,13H2,1-3H3,(H,24,30)/t18-/m0/s1. The Bertz CT molecular complexity index is 1110. The van der Waals surface area contributed by atoms with E-state index in [0.29, 0.717) is 18.1 Å². The van der Waals surface area contributed by atoms with Gasteiger partial charge in [-0.1, -0.05) is 18.2 Å². The van der Waals surface area contributed by atoms with Crippen molar-refractivity contribution in [2.24, 2.45) is 0 Å². The summed E-state index contributed by atoms with van der Waals surface area (Å²) in [5, 5.41) is 16.6. The number of carbonyl (C=O) groups is 1. The molecule has 0 spiro atoms. The first-order valence-electron chi connectivity index (χ1n) is 10.6. The zero-order valence-electron chi connectivity index (χ0n) is 17.6. The van der Waals surface area contributed by atoms with E-state index in [4.69, 9.17) is 5.10 Å². The van der Waals surface area contributed by atoms with Crippen LogP contribution in [0, 0.1) is 20.8 Å². The molecule has 1 aromatic carbocycles. The molecule has 154 valence electrons. The van der Waals surface area contributed by atoms with Gasteiger partial charge in [-0.05, 0) is 62.4 Å². The Morgan fingerprint density at radius 2 is 1.70 bits per heavy atom. The van der Waals surface area contributed by atoms with Crippen LogP contribution in [0.3, 0.4) is 0 Å². The summed E-state index contributed by atoms with van der Waals surface area (Å²) < 4.78 is 1.72. The quantitative estimate of drug-likeness (QED) is 0.724. The molecule has 7 heteroatoms. The molecule has 5 rings (SSSR count). The van der Waals surface area contributed by atoms with E-state index in [0.717, 1.165) is 35.7 Å². The van der Waals surface area contributed by atoms with Crippen LogP contribution in [0.2, 0.25) is 0 Å². The van der Waals surface area contributed by atoms with E-state index in [-0.39, 0.29) is 11.8 Å². The van der Waals surface area contributed by atoms with Crippen molar-refractivity contribution in [3.8, 4) is 5.82 Å². The molecule has 0 bridgehead atoms. The molecule has 0 radical (unpaired) electrons. The predicted molar refractivity (Wildman–Crippen MR) is 116 cm³/mol. The van der Waals surface area contributed by atoms with Crippen molar-refractivity contribution in [1.29, 1.82) is 0 Å². The van der Waals surface area contributed by atoms with Crippen molar-refractivity contribution in [1.82, 2.24) is 20.0 Å². The SMILES string of the molecule is Cc1ccc([C@@H]2CC(=O)Nc3c2c(C)nn3-c2ccc(N3CCCC3)nn2)cc1C. The Labute approximate surface area is 176 Å². The van der Waals surface area contributed by atoms with E-state index in [1.165, 1.54) is 24.0 Å². The van der Waals surface area contributed by atoms with Gasteiger partial charge in [-0.3, -0.25) is 4.79 Å². The summed E-state index contributed by atoms with van der Waals surface area (Å²) in [7, 11) is 0. The minimum absolute atomic E-state index is 0.00600. The second kappa shape index (κ2) is 7.23. The highest BCUT2D eigenvalue weighted by Gasteiger charge is 2.33. The number of amides is 1. The third-order valence-corrected chi connectivity index (χ3v) is 6.32. The first-order valence-corrected chi connectivity index (χ1v) is 10.6. The molecule has 0 aliphatic carbocycles. The number of fused-ring (bicyclic) bond motifs is 1. The lowest BCUT2D eigenvalue weighted by molar-refractivity contribution is -0.116. The minimum atomic E-state index is -0.0152. The number of benzene rings is 1. The first kappa shape index (κ1) is 18.8. The highest BCUT2D eigenvalue weighted by Crippen LogP contribution is 2.40. The molecule has 3 aromatic rings. The van der Waals surface area contributed by atoms with Gasteiger partial charge in [0.1, 0.15) is 5.82 Å². The summed E-state index contributed by atoms with van der Waals surface area (Å²) >= 11 is 0. The maximum absolute atomic E-state index is 12.6. The van der Waals surface area contributed by atoms with Crippen LogP contribution in [0.5, 0.6) is 0 Å². The Morgan fingerprint density at radius 1 is 0.967 bits per heavy atom. The number of aryl methyl sites for hydroxylation is 3. The van der Waals surface area contributed by atoms with Gasteiger partial charge in [0.25, 0.3) is 0 Å². The van der Waals surface area contributed by atoms with Crippen LogP contribution in [0.25, 0.3) is 5.82 Å². The molecule has 4 heterocycles. The van der Waals surface area contributed by atoms with Gasteiger partial charge in [0.05, 0.1) is 5.69 Å². The molecule has 1 atom stereocenters. The van der Waals surface area contributed by atoms with Crippen LogP contribution >= 0.6 is 0 Å². The molecular formula is C23H26N6O. The summed E-state index contributed by atoms with van der Waals surface area (Å²) in [6.07, 6.45) is 2.81. The van der Waals surface area contributed by atoms with Crippen molar-refractivity contribution >= 4 is 17.5 Å². The maximum Gasteiger partial charge on any atom is 0.226 e. The monoisotopic (exact) mass is 402 g/mol. The highest BCUT2D eigenvalue weighted by atomic mass is 16.1. The number of nitrogens with one attached hydrogen (secondary N) is 1. The van der Waals surface area contributed by atoms with E-state index < -0.39 is 0 Å². The van der Waals surface area contributed by atoms with Crippen LogP contribution < -0.4 is 10.2 Å². The fourth-order valence-corrected chi connectivity index (χ4v) is 4.53. The third kappa shape index (κ3) is 3.14. The highest BCUT2D eigenvalue weighted by molar-refractivity contribution is 5.95. The maximum atomic E-state index is 12.6. The molecule has 1 N–H and O–H groups in total. The van der Waals surface area contributed by atoms with Gasteiger partial charge >= 0.3 is 0 Å². The Hall–Kier alpha value is -3.22. The lowest BCUT2D eigenvalue weighted by Crippen LogP contribution is -2.25. The molecule has 0 unspecified atom stereocenters. The lowest BCUT2D eigenvalue weighted by Gasteiger charge is -2.25. The number of aromatic nitrogens is 4. The summed E-state index contributed by atoms with van der Waals surface area (Å²) in [5.41, 5.74) is 5.59. The second-order valence-corrected chi connectivity index (χ2v) is 8.35. The summed E-state index contributed by atoms with van der Waals surface area (Å²) in [6.45, 7) is 8.26. The Balaban J connectivity index is 1.55. The van der Waals surface area contributed by atoms with Crippen molar-refractivity contribution in [3.63, 3.8) is 0 Å². The zero-order valence-corrected chi connectivity index (χ0v) is 17.6. The van der Waals surface area contributed by atoms with E-state index in [9.17, 15) is 4.79 Å². The van der Waals surface area contributed by atoms with Gasteiger partial charge in [-0.15, -0.1) is 10.2 Å². The van der Waals surface area contributed by atoms with Gasteiger partial charge in [0.2, 0.25) is 5.91 Å². The molecule has 1 amide bonds. The van der Waals surface area contributed by atoms with Gasteiger partial charge < -0.3 is 10.2 Å². The molecule has 2 aliphatic rings. The van der Waals surface area contributed by atoms with E-state index in [1.54, 1.807) is 4.68 Å². The van der Waals surface area contributed by atoms with Gasteiger partial charge in [0, 0.05) is 31.0 Å². The molecule has 1 saturated heterocycles. The minimum Gasteiger partial charge on any atom is -0.355 e. The zero-order chi connectivity index (χ0) is 20.8. The van der Waals surface area contributed by atoms with Crippen LogP contribution in [0.15, 0.2) is 30.3 Å². The Morgan fingerprint density at radius 3 is 2.40 bits per heavy atom. The van der Waals surface area contributed by atoms with Crippen molar-refractivity contribution in [2.45, 2.75) is 46.0 Å². The molecule has 1 fully saturated rings. The number of carbonyl (C=O) groups excluding carboxylic acids is 1. The lowest BCUT2D eigenvalue weighted by atomic mass is 9.84. The number of nitrogens with zero attached hydrogens (tertiary/aromatic N) is 5. The average molecular weight is 403 g/mol. The van der Waals surface area contributed by atoms with Crippen molar-refractivity contribution < 1.29 is 4.79 Å². The topological polar surface area (TPSA) is 75.9 Å². The third-order valence-electron chi connectivity index (χ3n) is 6.32. The fraction of sp³-hybridized carbons (Fsp3) is 0.391. The van der Waals surface area contributed by atoms with Crippen LogP contribution in [0.4, 0.5) is 11.6 Å². The molecule has 2 aliphatic heterocycles. The number of hydrogen-bond acceptors (Lipinski definition) is 5. The van der Waals surface area contributed by atoms with Gasteiger partial charge in [0.15, 0.2) is 11.6 Å².